The topological polar surface area (TPSA) is 75.5 Å². The number of fused-ring (bicyclic) bond motifs is 1. The van der Waals surface area contributed by atoms with E-state index < -0.39 is 0 Å². The van der Waals surface area contributed by atoms with E-state index in [1.165, 1.54) is 0 Å². The van der Waals surface area contributed by atoms with Gasteiger partial charge in [-0.25, -0.2) is 4.98 Å². The maximum absolute atomic E-state index is 12.5. The number of unbranched alkanes of at least 4 members (excludes halogenated alkanes) is 2. The largest absolute Gasteiger partial charge is 0.352 e. The first-order valence-corrected chi connectivity index (χ1v) is 10.2. The molecule has 7 heteroatoms. The average Bonchev–Trinajstić information content (AvgIpc) is 3.05. The number of carbonyl (C=O) groups is 2. The molecule has 0 saturated carbocycles. The minimum Gasteiger partial charge on any atom is -0.352 e. The fourth-order valence-corrected chi connectivity index (χ4v) is 3.28. The van der Waals surface area contributed by atoms with Crippen LogP contribution in [0.3, 0.4) is 0 Å². The van der Waals surface area contributed by atoms with E-state index >= 15 is 0 Å². The highest BCUT2D eigenvalue weighted by atomic mass is 35.5. The van der Waals surface area contributed by atoms with Crippen LogP contribution in [0.4, 0.5) is 0 Å². The van der Waals surface area contributed by atoms with E-state index in [9.17, 15) is 9.59 Å². The summed E-state index contributed by atoms with van der Waals surface area (Å²) in [5.74, 6) is -0.0905. The normalized spacial score (nSPS) is 10.8. The Kier molecular flexibility index (Phi) is 7.25. The highest BCUT2D eigenvalue weighted by Gasteiger charge is 2.15. The van der Waals surface area contributed by atoms with Crippen LogP contribution in [-0.4, -0.2) is 27.7 Å². The molecule has 0 aliphatic rings. The number of nitrogens with one attached hydrogen (secondary N) is 2. The number of rotatable bonds is 9. The Morgan fingerprint density at radius 1 is 1.03 bits per heavy atom. The second-order valence-electron chi connectivity index (χ2n) is 6.94. The second-order valence-corrected chi connectivity index (χ2v) is 7.38. The fraction of sp³-hybridized carbons (Fsp3) is 0.318. The van der Waals surface area contributed by atoms with Crippen molar-refractivity contribution < 1.29 is 9.59 Å². The minimum atomic E-state index is -0.123. The zero-order chi connectivity index (χ0) is 20.6. The van der Waals surface area contributed by atoms with Crippen LogP contribution in [0.2, 0.25) is 5.02 Å². The van der Waals surface area contributed by atoms with Gasteiger partial charge in [-0.1, -0.05) is 36.2 Å². The van der Waals surface area contributed by atoms with Crippen LogP contribution in [-0.2, 0) is 11.3 Å². The molecule has 2 heterocycles. The molecule has 152 valence electrons. The number of aryl methyl sites for hydroxylation is 1. The molecule has 2 aromatic heterocycles. The molecule has 2 N–H and O–H groups in total. The fourth-order valence-electron chi connectivity index (χ4n) is 3.15. The van der Waals surface area contributed by atoms with Crippen molar-refractivity contribution in [2.24, 2.45) is 0 Å². The summed E-state index contributed by atoms with van der Waals surface area (Å²) in [5.41, 5.74) is 3.07. The standard InChI is InChI=1S/C22H25ClN4O2/c1-16-21(27-14-6-4-7-19(27)26-16)22(29)24-13-5-2-3-8-20(28)25-15-17-9-11-18(23)12-10-17/h4,6-7,9-12,14H,2-3,5,8,13,15H2,1H3,(H,24,29)(H,25,28). The lowest BCUT2D eigenvalue weighted by atomic mass is 10.1. The van der Waals surface area contributed by atoms with Crippen molar-refractivity contribution in [3.63, 3.8) is 0 Å². The lowest BCUT2D eigenvalue weighted by molar-refractivity contribution is -0.121. The summed E-state index contributed by atoms with van der Waals surface area (Å²) in [6, 6.07) is 13.1. The maximum Gasteiger partial charge on any atom is 0.270 e. The zero-order valence-corrected chi connectivity index (χ0v) is 17.2. The van der Waals surface area contributed by atoms with Crippen molar-refractivity contribution in [1.29, 1.82) is 0 Å². The molecule has 6 nitrogen and oxygen atoms in total. The van der Waals surface area contributed by atoms with Crippen LogP contribution >= 0.6 is 11.6 Å². The summed E-state index contributed by atoms with van der Waals surface area (Å²) < 4.78 is 1.80. The predicted octanol–water partition coefficient (Wildman–Crippen LogP) is 3.90. The number of hydrogen-bond donors (Lipinski definition) is 2. The highest BCUT2D eigenvalue weighted by molar-refractivity contribution is 6.30. The molecule has 0 fully saturated rings. The third kappa shape index (κ3) is 5.81. The first-order valence-electron chi connectivity index (χ1n) is 9.77. The second kappa shape index (κ2) is 10.1. The van der Waals surface area contributed by atoms with Crippen molar-refractivity contribution in [3.8, 4) is 0 Å². The van der Waals surface area contributed by atoms with Gasteiger partial charge >= 0.3 is 0 Å². The summed E-state index contributed by atoms with van der Waals surface area (Å²) in [6.07, 6.45) is 4.81. The quantitative estimate of drug-likeness (QED) is 0.523. The van der Waals surface area contributed by atoms with Crippen LogP contribution in [0.5, 0.6) is 0 Å². The number of amides is 2. The van der Waals surface area contributed by atoms with Gasteiger partial charge in [0.1, 0.15) is 11.3 Å². The summed E-state index contributed by atoms with van der Waals surface area (Å²) in [5, 5.41) is 6.54. The van der Waals surface area contributed by atoms with Gasteiger partial charge in [0.15, 0.2) is 0 Å². The van der Waals surface area contributed by atoms with E-state index in [4.69, 9.17) is 11.6 Å². The summed E-state index contributed by atoms with van der Waals surface area (Å²) in [7, 11) is 0. The lowest BCUT2D eigenvalue weighted by Gasteiger charge is -2.07. The highest BCUT2D eigenvalue weighted by Crippen LogP contribution is 2.12. The van der Waals surface area contributed by atoms with Crippen LogP contribution in [0.15, 0.2) is 48.7 Å². The molecule has 0 spiro atoms. The third-order valence-electron chi connectivity index (χ3n) is 4.69. The molecule has 1 aromatic carbocycles. The smallest absolute Gasteiger partial charge is 0.270 e. The summed E-state index contributed by atoms with van der Waals surface area (Å²) in [4.78, 5) is 28.8. The van der Waals surface area contributed by atoms with Crippen LogP contribution in [0.25, 0.3) is 5.65 Å². The average molecular weight is 413 g/mol. The van der Waals surface area contributed by atoms with Crippen LogP contribution < -0.4 is 10.6 Å². The Morgan fingerprint density at radius 3 is 2.62 bits per heavy atom. The van der Waals surface area contributed by atoms with Crippen LogP contribution in [0, 0.1) is 6.92 Å². The van der Waals surface area contributed by atoms with E-state index in [0.29, 0.717) is 35.9 Å². The van der Waals surface area contributed by atoms with Gasteiger partial charge in [-0.15, -0.1) is 0 Å². The summed E-state index contributed by atoms with van der Waals surface area (Å²) >= 11 is 5.85. The predicted molar refractivity (Wildman–Crippen MR) is 114 cm³/mol. The number of hydrogen-bond acceptors (Lipinski definition) is 3. The number of halogens is 1. The van der Waals surface area contributed by atoms with Gasteiger partial charge in [0.05, 0.1) is 5.69 Å². The molecular weight excluding hydrogens is 388 g/mol. The number of benzene rings is 1. The Morgan fingerprint density at radius 2 is 1.83 bits per heavy atom. The number of aromatic nitrogens is 2. The monoisotopic (exact) mass is 412 g/mol. The molecule has 0 aliphatic heterocycles. The van der Waals surface area contributed by atoms with Gasteiger partial charge in [0.2, 0.25) is 5.91 Å². The molecule has 29 heavy (non-hydrogen) atoms. The first-order chi connectivity index (χ1) is 14.0. The van der Waals surface area contributed by atoms with Gasteiger partial charge in [-0.3, -0.25) is 14.0 Å². The van der Waals surface area contributed by atoms with Crippen molar-refractivity contribution in [2.45, 2.75) is 39.2 Å². The van der Waals surface area contributed by atoms with Gasteiger partial charge in [-0.2, -0.15) is 0 Å². The molecule has 0 saturated heterocycles. The van der Waals surface area contributed by atoms with Crippen LogP contribution in [0.1, 0.15) is 47.4 Å². The number of pyridine rings is 1. The molecule has 0 unspecified atom stereocenters. The minimum absolute atomic E-state index is 0.0327. The van der Waals surface area contributed by atoms with E-state index in [-0.39, 0.29) is 11.8 Å². The SMILES string of the molecule is Cc1nc2ccccn2c1C(=O)NCCCCCC(=O)NCc1ccc(Cl)cc1. The van der Waals surface area contributed by atoms with E-state index in [1.54, 1.807) is 4.40 Å². The van der Waals surface area contributed by atoms with Gasteiger partial charge in [0, 0.05) is 30.7 Å². The molecule has 0 bridgehead atoms. The van der Waals surface area contributed by atoms with Crippen molar-refractivity contribution in [3.05, 3.63) is 70.6 Å². The number of nitrogens with zero attached hydrogens (tertiary/aromatic N) is 2. The lowest BCUT2D eigenvalue weighted by Crippen LogP contribution is -2.26. The third-order valence-corrected chi connectivity index (χ3v) is 4.94. The van der Waals surface area contributed by atoms with Crippen molar-refractivity contribution >= 4 is 29.1 Å². The van der Waals surface area contributed by atoms with Gasteiger partial charge in [0.25, 0.3) is 5.91 Å². The molecule has 0 radical (unpaired) electrons. The number of carbonyl (C=O) groups excluding carboxylic acids is 2. The molecule has 2 amide bonds. The first kappa shape index (κ1) is 20.9. The van der Waals surface area contributed by atoms with Gasteiger partial charge < -0.3 is 10.6 Å². The Hall–Kier alpha value is -2.86. The Bertz CT molecular complexity index is 982. The van der Waals surface area contributed by atoms with Crippen molar-refractivity contribution in [2.75, 3.05) is 6.54 Å². The molecule has 0 aliphatic carbocycles. The van der Waals surface area contributed by atoms with E-state index in [2.05, 4.69) is 15.6 Å². The molecule has 3 rings (SSSR count). The zero-order valence-electron chi connectivity index (χ0n) is 16.5. The summed E-state index contributed by atoms with van der Waals surface area (Å²) in [6.45, 7) is 2.92. The molecule has 3 aromatic rings. The number of imidazole rings is 1. The molecule has 0 atom stereocenters. The Balaban J connectivity index is 1.32. The molecular formula is C22H25ClN4O2. The maximum atomic E-state index is 12.5. The van der Waals surface area contributed by atoms with Crippen molar-refractivity contribution in [1.82, 2.24) is 20.0 Å². The van der Waals surface area contributed by atoms with E-state index in [1.807, 2.05) is 55.6 Å². The van der Waals surface area contributed by atoms with Gasteiger partial charge in [-0.05, 0) is 49.6 Å². The van der Waals surface area contributed by atoms with E-state index in [0.717, 1.165) is 30.5 Å². The Labute approximate surface area is 175 Å².